The number of fused-ring (bicyclic) bond motifs is 4. The maximum absolute atomic E-state index is 13.8. The Labute approximate surface area is 182 Å². The molecule has 166 valence electrons. The molecule has 0 unspecified atom stereocenters. The maximum Gasteiger partial charge on any atom is 0.260 e. The molecular weight excluding hydrogens is 396 g/mol. The van der Waals surface area contributed by atoms with Gasteiger partial charge in [0.2, 0.25) is 0 Å². The minimum absolute atomic E-state index is 0.0215. The van der Waals surface area contributed by atoms with E-state index in [0.717, 1.165) is 38.3 Å². The van der Waals surface area contributed by atoms with E-state index >= 15 is 0 Å². The molecule has 1 aromatic carbocycles. The van der Waals surface area contributed by atoms with Gasteiger partial charge in [-0.1, -0.05) is 35.9 Å². The second-order valence-electron chi connectivity index (χ2n) is 9.85. The number of alkyl halides is 2. The van der Waals surface area contributed by atoms with E-state index in [-0.39, 0.29) is 18.5 Å². The molecule has 0 N–H and O–H groups in total. The fourth-order valence-electron chi connectivity index (χ4n) is 5.83. The number of hydrogen-bond donors (Lipinski definition) is 0. The van der Waals surface area contributed by atoms with Gasteiger partial charge in [0.25, 0.3) is 11.5 Å². The zero-order chi connectivity index (χ0) is 21.6. The number of hydrogen-bond acceptors (Lipinski definition) is 3. The van der Waals surface area contributed by atoms with Crippen molar-refractivity contribution < 1.29 is 8.78 Å². The second-order valence-corrected chi connectivity index (χ2v) is 9.85. The highest BCUT2D eigenvalue weighted by Crippen LogP contribution is 2.36. The molecule has 31 heavy (non-hydrogen) atoms. The van der Waals surface area contributed by atoms with Gasteiger partial charge in [-0.15, -0.1) is 0 Å². The number of piperidine rings is 2. The van der Waals surface area contributed by atoms with Crippen LogP contribution in [0.1, 0.15) is 47.6 Å². The Hall–Kier alpha value is -2.05. The van der Waals surface area contributed by atoms with Crippen molar-refractivity contribution in [2.24, 2.45) is 5.92 Å². The van der Waals surface area contributed by atoms with Crippen molar-refractivity contribution in [3.8, 4) is 0 Å². The summed E-state index contributed by atoms with van der Waals surface area (Å²) in [4.78, 5) is 17.5. The molecule has 2 bridgehead atoms. The largest absolute Gasteiger partial charge is 0.312 e. The van der Waals surface area contributed by atoms with Crippen LogP contribution >= 0.6 is 0 Å². The summed E-state index contributed by atoms with van der Waals surface area (Å²) in [6.07, 6.45) is 1.57. The first-order chi connectivity index (χ1) is 14.9. The summed E-state index contributed by atoms with van der Waals surface area (Å²) < 4.78 is 29.5. The predicted octanol–water partition coefficient (Wildman–Crippen LogP) is 4.01. The number of benzene rings is 1. The number of halogens is 2. The molecule has 3 aliphatic rings. The van der Waals surface area contributed by atoms with Gasteiger partial charge >= 0.3 is 0 Å². The van der Waals surface area contributed by atoms with Gasteiger partial charge < -0.3 is 4.57 Å². The molecule has 4 heterocycles. The molecule has 1 aromatic heterocycles. The quantitative estimate of drug-likeness (QED) is 0.738. The fraction of sp³-hybridized carbons (Fsp3) is 0.560. The lowest BCUT2D eigenvalue weighted by Gasteiger charge is -2.43. The fourth-order valence-corrected chi connectivity index (χ4v) is 5.83. The van der Waals surface area contributed by atoms with E-state index in [4.69, 9.17) is 0 Å². The number of nitrogens with zero attached hydrogens (tertiary/aromatic N) is 3. The van der Waals surface area contributed by atoms with E-state index in [1.165, 1.54) is 11.1 Å². The lowest BCUT2D eigenvalue weighted by Crippen LogP contribution is -2.48. The molecule has 0 saturated carbocycles. The highest BCUT2D eigenvalue weighted by atomic mass is 19.3. The third-order valence-electron chi connectivity index (χ3n) is 7.11. The Bertz CT molecular complexity index is 1020. The topological polar surface area (TPSA) is 28.5 Å². The van der Waals surface area contributed by atoms with E-state index in [0.29, 0.717) is 36.9 Å². The van der Waals surface area contributed by atoms with Crippen molar-refractivity contribution in [2.75, 3.05) is 26.2 Å². The molecule has 4 nitrogen and oxygen atoms in total. The van der Waals surface area contributed by atoms with Crippen molar-refractivity contribution in [2.45, 2.75) is 57.7 Å². The summed E-state index contributed by atoms with van der Waals surface area (Å²) in [5, 5.41) is 0. The molecule has 0 spiro atoms. The number of pyridine rings is 1. The molecule has 3 aliphatic heterocycles. The van der Waals surface area contributed by atoms with Gasteiger partial charge in [0.1, 0.15) is 0 Å². The minimum Gasteiger partial charge on any atom is -0.312 e. The number of aromatic nitrogens is 1. The van der Waals surface area contributed by atoms with E-state index in [2.05, 4.69) is 42.2 Å². The minimum atomic E-state index is -2.64. The van der Waals surface area contributed by atoms with E-state index in [1.807, 2.05) is 10.6 Å². The van der Waals surface area contributed by atoms with Crippen LogP contribution in [-0.2, 0) is 19.6 Å². The van der Waals surface area contributed by atoms with Crippen LogP contribution in [0.15, 0.2) is 41.2 Å². The normalized spacial score (nSPS) is 25.9. The molecule has 0 amide bonds. The molecular formula is C25H31F2N3O. The van der Waals surface area contributed by atoms with Crippen LogP contribution in [0.25, 0.3) is 0 Å². The molecule has 6 heteroatoms. The molecule has 2 fully saturated rings. The summed E-state index contributed by atoms with van der Waals surface area (Å²) in [5.41, 5.74) is 4.41. The first-order valence-electron chi connectivity index (χ1n) is 11.5. The van der Waals surface area contributed by atoms with Crippen molar-refractivity contribution in [3.05, 3.63) is 69.1 Å². The highest BCUT2D eigenvalue weighted by Gasteiger charge is 2.37. The maximum atomic E-state index is 13.8. The Morgan fingerprint density at radius 2 is 1.94 bits per heavy atom. The lowest BCUT2D eigenvalue weighted by atomic mass is 9.82. The highest BCUT2D eigenvalue weighted by molar-refractivity contribution is 5.24. The summed E-state index contributed by atoms with van der Waals surface area (Å²) >= 11 is 0. The van der Waals surface area contributed by atoms with E-state index < -0.39 is 5.92 Å². The van der Waals surface area contributed by atoms with Crippen LogP contribution in [0.5, 0.6) is 0 Å². The van der Waals surface area contributed by atoms with Crippen LogP contribution in [0.2, 0.25) is 0 Å². The predicted molar refractivity (Wildman–Crippen MR) is 117 cm³/mol. The smallest absolute Gasteiger partial charge is 0.260 e. The van der Waals surface area contributed by atoms with Crippen molar-refractivity contribution >= 4 is 0 Å². The Kier molecular flexibility index (Phi) is 5.47. The number of rotatable bonds is 4. The second kappa shape index (κ2) is 8.14. The molecule has 0 aliphatic carbocycles. The van der Waals surface area contributed by atoms with Crippen molar-refractivity contribution in [1.82, 2.24) is 14.4 Å². The Morgan fingerprint density at radius 1 is 1.06 bits per heavy atom. The van der Waals surface area contributed by atoms with E-state index in [9.17, 15) is 13.6 Å². The molecule has 2 saturated heterocycles. The number of likely N-dealkylation sites (tertiary alicyclic amines) is 2. The van der Waals surface area contributed by atoms with Gasteiger partial charge in [0.15, 0.2) is 0 Å². The average molecular weight is 428 g/mol. The molecule has 2 aromatic rings. The Balaban J connectivity index is 1.32. The molecule has 0 radical (unpaired) electrons. The first kappa shape index (κ1) is 20.8. The van der Waals surface area contributed by atoms with Gasteiger partial charge in [-0.2, -0.15) is 0 Å². The van der Waals surface area contributed by atoms with Crippen LogP contribution < -0.4 is 5.56 Å². The van der Waals surface area contributed by atoms with Gasteiger partial charge in [-0.25, -0.2) is 8.78 Å². The monoisotopic (exact) mass is 427 g/mol. The summed E-state index contributed by atoms with van der Waals surface area (Å²) in [5.74, 6) is -1.82. The van der Waals surface area contributed by atoms with Gasteiger partial charge in [0.05, 0.1) is 6.54 Å². The molecule has 5 rings (SSSR count). The van der Waals surface area contributed by atoms with Gasteiger partial charge in [0, 0.05) is 56.3 Å². The van der Waals surface area contributed by atoms with Crippen LogP contribution in [0.4, 0.5) is 8.78 Å². The zero-order valence-electron chi connectivity index (χ0n) is 18.2. The van der Waals surface area contributed by atoms with Crippen molar-refractivity contribution in [3.63, 3.8) is 0 Å². The lowest BCUT2D eigenvalue weighted by molar-refractivity contribution is -0.0662. The summed E-state index contributed by atoms with van der Waals surface area (Å²) in [6, 6.07) is 12.6. The van der Waals surface area contributed by atoms with E-state index in [1.54, 1.807) is 4.90 Å². The summed E-state index contributed by atoms with van der Waals surface area (Å²) in [6.45, 7) is 6.48. The summed E-state index contributed by atoms with van der Waals surface area (Å²) in [7, 11) is 0. The third kappa shape index (κ3) is 4.46. The number of aryl methyl sites for hydroxylation is 1. The Morgan fingerprint density at radius 3 is 2.74 bits per heavy atom. The zero-order valence-corrected chi connectivity index (χ0v) is 18.2. The van der Waals surface area contributed by atoms with Crippen LogP contribution in [0.3, 0.4) is 0 Å². The van der Waals surface area contributed by atoms with Crippen LogP contribution in [0, 0.1) is 12.8 Å². The van der Waals surface area contributed by atoms with Crippen LogP contribution in [-0.4, -0.2) is 46.5 Å². The third-order valence-corrected chi connectivity index (χ3v) is 7.11. The van der Waals surface area contributed by atoms with Gasteiger partial charge in [-0.05, 0) is 43.9 Å². The SMILES string of the molecule is Cc1cccc(CN2C[C@@H]3C[C@H](C2)c2ccc(CN4CCCC(F)(F)C4)c(=O)n2C3)c1. The standard InChI is InChI=1S/C25H31F2N3O/c1-18-4-2-5-19(10-18)12-29-13-20-11-22(16-29)23-7-6-21(24(31)30(23)14-20)15-28-9-3-8-25(26,27)17-28/h2,4-7,10,20,22H,3,8-9,11-17H2,1H3/t20-,22+/m0/s1. The average Bonchev–Trinajstić information content (AvgIpc) is 2.70. The first-order valence-corrected chi connectivity index (χ1v) is 11.5. The van der Waals surface area contributed by atoms with Crippen molar-refractivity contribution in [1.29, 1.82) is 0 Å². The van der Waals surface area contributed by atoms with Gasteiger partial charge in [-0.3, -0.25) is 14.6 Å². The molecule has 2 atom stereocenters.